The van der Waals surface area contributed by atoms with Gasteiger partial charge in [0.05, 0.1) is 34.0 Å². The summed E-state index contributed by atoms with van der Waals surface area (Å²) in [6, 6.07) is 19.3. The summed E-state index contributed by atoms with van der Waals surface area (Å²) in [6.45, 7) is -0.537. The summed E-state index contributed by atoms with van der Waals surface area (Å²) >= 11 is 12.2. The highest BCUT2D eigenvalue weighted by molar-refractivity contribution is 7.92. The average Bonchev–Trinajstić information content (AvgIpc) is 2.80. The van der Waals surface area contributed by atoms with Crippen molar-refractivity contribution in [2.75, 3.05) is 18.0 Å². The third-order valence-electron chi connectivity index (χ3n) is 4.35. The molecule has 1 amide bonds. The number of sulfonamides is 1. The number of nitrogens with one attached hydrogen (secondary N) is 1. The number of halogens is 2. The highest BCUT2D eigenvalue weighted by atomic mass is 35.5. The summed E-state index contributed by atoms with van der Waals surface area (Å²) in [4.78, 5) is 12.7. The molecule has 0 radical (unpaired) electrons. The van der Waals surface area contributed by atoms with Gasteiger partial charge < -0.3 is 4.74 Å². The molecule has 3 aromatic rings. The fourth-order valence-corrected chi connectivity index (χ4v) is 4.77. The lowest BCUT2D eigenvalue weighted by molar-refractivity contribution is -0.119. The number of anilines is 1. The minimum Gasteiger partial charge on any atom is -0.495 e. The maximum atomic E-state index is 13.3. The minimum absolute atomic E-state index is 0.0325. The molecule has 0 aliphatic heterocycles. The van der Waals surface area contributed by atoms with Gasteiger partial charge in [0.2, 0.25) is 0 Å². The molecule has 0 unspecified atom stereocenters. The van der Waals surface area contributed by atoms with Gasteiger partial charge in [0, 0.05) is 5.56 Å². The van der Waals surface area contributed by atoms with Crippen LogP contribution >= 0.6 is 23.2 Å². The molecule has 0 bridgehead atoms. The highest BCUT2D eigenvalue weighted by Crippen LogP contribution is 2.32. The van der Waals surface area contributed by atoms with Crippen molar-refractivity contribution in [2.24, 2.45) is 5.10 Å². The van der Waals surface area contributed by atoms with Gasteiger partial charge in [-0.15, -0.1) is 0 Å². The number of amides is 1. The quantitative estimate of drug-likeness (QED) is 0.374. The summed E-state index contributed by atoms with van der Waals surface area (Å²) in [6.07, 6.45) is 1.29. The van der Waals surface area contributed by atoms with Crippen LogP contribution in [0.1, 0.15) is 5.56 Å². The Morgan fingerprint density at radius 1 is 1.00 bits per heavy atom. The van der Waals surface area contributed by atoms with Crippen molar-refractivity contribution in [3.05, 3.63) is 88.4 Å². The molecule has 3 aromatic carbocycles. The Labute approximate surface area is 196 Å². The van der Waals surface area contributed by atoms with Gasteiger partial charge >= 0.3 is 0 Å². The number of nitrogens with zero attached hydrogens (tertiary/aromatic N) is 2. The van der Waals surface area contributed by atoms with Crippen LogP contribution in [0.25, 0.3) is 0 Å². The number of carbonyl (C=O) groups is 1. The second-order valence-corrected chi connectivity index (χ2v) is 9.10. The highest BCUT2D eigenvalue weighted by Gasteiger charge is 2.29. The lowest BCUT2D eigenvalue weighted by Gasteiger charge is -2.25. The van der Waals surface area contributed by atoms with E-state index in [2.05, 4.69) is 10.5 Å². The topological polar surface area (TPSA) is 88.1 Å². The number of para-hydroxylation sites is 2. The van der Waals surface area contributed by atoms with Crippen molar-refractivity contribution in [3.8, 4) is 5.75 Å². The number of rotatable bonds is 8. The molecule has 7 nitrogen and oxygen atoms in total. The van der Waals surface area contributed by atoms with Crippen molar-refractivity contribution in [3.63, 3.8) is 0 Å². The first kappa shape index (κ1) is 23.6. The second kappa shape index (κ2) is 10.5. The molecule has 32 heavy (non-hydrogen) atoms. The lowest BCUT2D eigenvalue weighted by Crippen LogP contribution is -2.39. The summed E-state index contributed by atoms with van der Waals surface area (Å²) in [5, 5.41) is 4.58. The molecule has 0 saturated carbocycles. The molecule has 166 valence electrons. The first-order chi connectivity index (χ1) is 15.3. The van der Waals surface area contributed by atoms with Gasteiger partial charge in [0.25, 0.3) is 15.9 Å². The van der Waals surface area contributed by atoms with Crippen LogP contribution < -0.4 is 14.5 Å². The zero-order chi connectivity index (χ0) is 23.1. The predicted octanol–water partition coefficient (Wildman–Crippen LogP) is 4.35. The summed E-state index contributed by atoms with van der Waals surface area (Å²) in [5.41, 5.74) is 2.95. The number of hydrogen-bond acceptors (Lipinski definition) is 5. The maximum absolute atomic E-state index is 13.3. The van der Waals surface area contributed by atoms with Gasteiger partial charge in [0.15, 0.2) is 0 Å². The van der Waals surface area contributed by atoms with Crippen molar-refractivity contribution < 1.29 is 17.9 Å². The molecule has 0 spiro atoms. The van der Waals surface area contributed by atoms with Gasteiger partial charge in [-0.25, -0.2) is 13.8 Å². The lowest BCUT2D eigenvalue weighted by atomic mass is 10.2. The van der Waals surface area contributed by atoms with Gasteiger partial charge in [-0.05, 0) is 36.4 Å². The van der Waals surface area contributed by atoms with Crippen LogP contribution in [0.3, 0.4) is 0 Å². The average molecular weight is 492 g/mol. The third-order valence-corrected chi connectivity index (χ3v) is 6.79. The Kier molecular flexibility index (Phi) is 7.74. The molecule has 0 atom stereocenters. The Hall–Kier alpha value is -3.07. The molecule has 0 aromatic heterocycles. The SMILES string of the molecule is COc1ccccc1N(CC(=O)NN=Cc1c(Cl)cccc1Cl)S(=O)(=O)c1ccccc1. The molecular formula is C22H19Cl2N3O4S. The largest absolute Gasteiger partial charge is 0.495 e. The summed E-state index contributed by atoms with van der Waals surface area (Å²) in [5.74, 6) is -0.374. The normalized spacial score (nSPS) is 11.3. The van der Waals surface area contributed by atoms with Crippen molar-refractivity contribution in [2.45, 2.75) is 4.90 Å². The molecule has 0 heterocycles. The van der Waals surface area contributed by atoms with Crippen molar-refractivity contribution >= 4 is 51.0 Å². The maximum Gasteiger partial charge on any atom is 0.264 e. The standard InChI is InChI=1S/C22H19Cl2N3O4S/c1-31-21-13-6-5-12-20(21)27(32(29,30)16-8-3-2-4-9-16)15-22(28)26-25-14-17-18(23)10-7-11-19(17)24/h2-14H,15H2,1H3,(H,26,28). The first-order valence-electron chi connectivity index (χ1n) is 9.31. The van der Waals surface area contributed by atoms with E-state index >= 15 is 0 Å². The van der Waals surface area contributed by atoms with Gasteiger partial charge in [-0.1, -0.05) is 59.6 Å². The predicted molar refractivity (Wildman–Crippen MR) is 126 cm³/mol. The van der Waals surface area contributed by atoms with Crippen LogP contribution in [-0.4, -0.2) is 34.2 Å². The van der Waals surface area contributed by atoms with Crippen LogP contribution in [0.15, 0.2) is 82.8 Å². The van der Waals surface area contributed by atoms with Gasteiger partial charge in [-0.2, -0.15) is 5.10 Å². The minimum atomic E-state index is -4.07. The molecule has 3 rings (SSSR count). The van der Waals surface area contributed by atoms with E-state index in [1.165, 1.54) is 25.5 Å². The zero-order valence-electron chi connectivity index (χ0n) is 16.9. The van der Waals surface area contributed by atoms with E-state index in [-0.39, 0.29) is 10.6 Å². The molecule has 0 aliphatic rings. The van der Waals surface area contributed by atoms with Crippen LogP contribution in [0.2, 0.25) is 10.0 Å². The number of hydrazone groups is 1. The van der Waals surface area contributed by atoms with Crippen LogP contribution in [0.4, 0.5) is 5.69 Å². The molecule has 0 fully saturated rings. The van der Waals surface area contributed by atoms with E-state index in [9.17, 15) is 13.2 Å². The van der Waals surface area contributed by atoms with Crippen LogP contribution in [-0.2, 0) is 14.8 Å². The van der Waals surface area contributed by atoms with Crippen molar-refractivity contribution in [1.82, 2.24) is 5.43 Å². The monoisotopic (exact) mass is 491 g/mol. The number of carbonyl (C=O) groups excluding carboxylic acids is 1. The van der Waals surface area contributed by atoms with E-state index in [0.29, 0.717) is 21.4 Å². The van der Waals surface area contributed by atoms with Gasteiger partial charge in [-0.3, -0.25) is 9.10 Å². The van der Waals surface area contributed by atoms with E-state index in [1.807, 2.05) is 0 Å². The van der Waals surface area contributed by atoms with Crippen LogP contribution in [0.5, 0.6) is 5.75 Å². The molecular weight excluding hydrogens is 473 g/mol. The number of ether oxygens (including phenoxy) is 1. The van der Waals surface area contributed by atoms with E-state index in [0.717, 1.165) is 4.31 Å². The smallest absolute Gasteiger partial charge is 0.264 e. The van der Waals surface area contributed by atoms with E-state index < -0.39 is 22.5 Å². The second-order valence-electron chi connectivity index (χ2n) is 6.43. The van der Waals surface area contributed by atoms with E-state index in [4.69, 9.17) is 27.9 Å². The zero-order valence-corrected chi connectivity index (χ0v) is 19.2. The van der Waals surface area contributed by atoms with Gasteiger partial charge in [0.1, 0.15) is 12.3 Å². The number of methoxy groups -OCH3 is 1. The van der Waals surface area contributed by atoms with E-state index in [1.54, 1.807) is 60.7 Å². The fourth-order valence-electron chi connectivity index (χ4n) is 2.82. The molecule has 10 heteroatoms. The Bertz CT molecular complexity index is 1210. The fraction of sp³-hybridized carbons (Fsp3) is 0.0909. The number of benzene rings is 3. The Balaban J connectivity index is 1.89. The number of hydrogen-bond donors (Lipinski definition) is 1. The third kappa shape index (κ3) is 5.40. The molecule has 0 aliphatic carbocycles. The first-order valence-corrected chi connectivity index (χ1v) is 11.5. The molecule has 0 saturated heterocycles. The molecule has 1 N–H and O–H groups in total. The summed E-state index contributed by atoms with van der Waals surface area (Å²) in [7, 11) is -2.65. The Morgan fingerprint density at radius 3 is 2.28 bits per heavy atom. The Morgan fingerprint density at radius 2 is 1.62 bits per heavy atom. The summed E-state index contributed by atoms with van der Waals surface area (Å²) < 4.78 is 33.0. The van der Waals surface area contributed by atoms with Crippen LogP contribution in [0, 0.1) is 0 Å². The van der Waals surface area contributed by atoms with Crippen molar-refractivity contribution in [1.29, 1.82) is 0 Å².